The van der Waals surface area contributed by atoms with E-state index in [0.29, 0.717) is 0 Å². The molecule has 0 aliphatic rings. The molecule has 1 aromatic carbocycles. The van der Waals surface area contributed by atoms with Crippen LogP contribution in [-0.2, 0) is 6.42 Å². The van der Waals surface area contributed by atoms with Crippen LogP contribution in [0.5, 0.6) is 0 Å². The third-order valence-electron chi connectivity index (χ3n) is 2.49. The van der Waals surface area contributed by atoms with Crippen LogP contribution >= 0.6 is 11.6 Å². The Balaban J connectivity index is 2.31. The molecule has 0 nitrogen and oxygen atoms in total. The van der Waals surface area contributed by atoms with Crippen molar-refractivity contribution >= 4 is 11.6 Å². The normalized spacial score (nSPS) is 12.7. The van der Waals surface area contributed by atoms with Gasteiger partial charge in [-0.1, -0.05) is 38.3 Å². The largest absolute Gasteiger partial charge is 0.207 e. The van der Waals surface area contributed by atoms with Crippen LogP contribution in [0.2, 0.25) is 0 Å². The molecule has 15 heavy (non-hydrogen) atoms. The first kappa shape index (κ1) is 12.5. The van der Waals surface area contributed by atoms with E-state index in [4.69, 9.17) is 11.6 Å². The van der Waals surface area contributed by atoms with E-state index in [1.165, 1.54) is 31.4 Å². The maximum absolute atomic E-state index is 12.6. The van der Waals surface area contributed by atoms with Crippen LogP contribution in [0.3, 0.4) is 0 Å². The van der Waals surface area contributed by atoms with Gasteiger partial charge in [0.2, 0.25) is 0 Å². The number of hydrogen-bond donors (Lipinski definition) is 0. The summed E-state index contributed by atoms with van der Waals surface area (Å²) in [7, 11) is 0. The highest BCUT2D eigenvalue weighted by atomic mass is 35.5. The molecule has 1 rings (SSSR count). The summed E-state index contributed by atoms with van der Waals surface area (Å²) in [4.78, 5) is 0. The van der Waals surface area contributed by atoms with Gasteiger partial charge >= 0.3 is 0 Å². The van der Waals surface area contributed by atoms with Crippen LogP contribution in [-0.4, -0.2) is 5.38 Å². The van der Waals surface area contributed by atoms with Gasteiger partial charge < -0.3 is 0 Å². The highest BCUT2D eigenvalue weighted by molar-refractivity contribution is 6.20. The molecule has 0 heterocycles. The third-order valence-corrected chi connectivity index (χ3v) is 2.86. The van der Waals surface area contributed by atoms with Crippen molar-refractivity contribution in [1.82, 2.24) is 0 Å². The first-order chi connectivity index (χ1) is 7.22. The zero-order valence-electron chi connectivity index (χ0n) is 9.18. The van der Waals surface area contributed by atoms with E-state index in [0.717, 1.165) is 18.4 Å². The number of halogens is 2. The molecule has 1 aromatic rings. The minimum atomic E-state index is -0.184. The van der Waals surface area contributed by atoms with Crippen LogP contribution in [0.4, 0.5) is 4.39 Å². The zero-order chi connectivity index (χ0) is 11.1. The molecule has 2 heteroatoms. The van der Waals surface area contributed by atoms with Crippen molar-refractivity contribution in [2.24, 2.45) is 0 Å². The number of alkyl halides is 1. The van der Waals surface area contributed by atoms with E-state index in [9.17, 15) is 4.39 Å². The van der Waals surface area contributed by atoms with Gasteiger partial charge in [0, 0.05) is 5.38 Å². The van der Waals surface area contributed by atoms with Crippen LogP contribution in [0.1, 0.15) is 38.2 Å². The molecule has 0 fully saturated rings. The molecule has 0 spiro atoms. The summed E-state index contributed by atoms with van der Waals surface area (Å²) in [6.07, 6.45) is 5.54. The van der Waals surface area contributed by atoms with E-state index < -0.39 is 0 Å². The lowest BCUT2D eigenvalue weighted by molar-refractivity contribution is 0.623. The average molecular weight is 229 g/mol. The molecule has 1 unspecified atom stereocenters. The molecule has 0 amide bonds. The smallest absolute Gasteiger partial charge is 0.123 e. The maximum Gasteiger partial charge on any atom is 0.123 e. The Bertz CT molecular complexity index is 268. The van der Waals surface area contributed by atoms with Gasteiger partial charge in [-0.15, -0.1) is 11.6 Å². The number of hydrogen-bond acceptors (Lipinski definition) is 0. The lowest BCUT2D eigenvalue weighted by Gasteiger charge is -2.08. The van der Waals surface area contributed by atoms with Crippen molar-refractivity contribution < 1.29 is 4.39 Å². The van der Waals surface area contributed by atoms with Gasteiger partial charge in [0.05, 0.1) is 0 Å². The Kier molecular flexibility index (Phi) is 5.70. The average Bonchev–Trinajstić information content (AvgIpc) is 2.22. The van der Waals surface area contributed by atoms with Crippen molar-refractivity contribution in [2.75, 3.05) is 0 Å². The van der Waals surface area contributed by atoms with Gasteiger partial charge in [-0.05, 0) is 30.5 Å². The molecule has 0 aromatic heterocycles. The van der Waals surface area contributed by atoms with Crippen molar-refractivity contribution in [3.05, 3.63) is 35.6 Å². The summed E-state index contributed by atoms with van der Waals surface area (Å²) in [5.41, 5.74) is 1.12. The number of benzene rings is 1. The first-order valence-electron chi connectivity index (χ1n) is 5.61. The fourth-order valence-corrected chi connectivity index (χ4v) is 1.93. The molecule has 0 saturated heterocycles. The van der Waals surface area contributed by atoms with Crippen molar-refractivity contribution in [1.29, 1.82) is 0 Å². The monoisotopic (exact) mass is 228 g/mol. The van der Waals surface area contributed by atoms with E-state index in [1.54, 1.807) is 0 Å². The highest BCUT2D eigenvalue weighted by Gasteiger charge is 2.05. The summed E-state index contributed by atoms with van der Waals surface area (Å²) in [6, 6.07) is 6.60. The lowest BCUT2D eigenvalue weighted by Crippen LogP contribution is -2.03. The van der Waals surface area contributed by atoms with Crippen molar-refractivity contribution in [2.45, 2.75) is 44.4 Å². The minimum absolute atomic E-state index is 0.182. The summed E-state index contributed by atoms with van der Waals surface area (Å²) < 4.78 is 12.6. The van der Waals surface area contributed by atoms with Crippen LogP contribution in [0, 0.1) is 5.82 Å². The Morgan fingerprint density at radius 1 is 1.20 bits per heavy atom. The lowest BCUT2D eigenvalue weighted by atomic mass is 10.1. The van der Waals surface area contributed by atoms with Gasteiger partial charge in [-0.25, -0.2) is 4.39 Å². The second-order valence-electron chi connectivity index (χ2n) is 3.92. The minimum Gasteiger partial charge on any atom is -0.207 e. The summed E-state index contributed by atoms with van der Waals surface area (Å²) >= 11 is 6.20. The molecule has 84 valence electrons. The standard InChI is InChI=1S/C13H18ClF/c1-2-3-4-5-12(14)10-11-6-8-13(15)9-7-11/h6-9,12H,2-5,10H2,1H3. The van der Waals surface area contributed by atoms with Gasteiger partial charge in [0.1, 0.15) is 5.82 Å². The number of rotatable bonds is 6. The summed E-state index contributed by atoms with van der Waals surface area (Å²) in [5, 5.41) is 0.182. The van der Waals surface area contributed by atoms with Gasteiger partial charge in [0.15, 0.2) is 0 Å². The molecule has 0 aliphatic carbocycles. The predicted molar refractivity (Wildman–Crippen MR) is 63.9 cm³/mol. The van der Waals surface area contributed by atoms with Crippen molar-refractivity contribution in [3.8, 4) is 0 Å². The van der Waals surface area contributed by atoms with Crippen LogP contribution < -0.4 is 0 Å². The molecule has 0 saturated carbocycles. The Morgan fingerprint density at radius 2 is 1.87 bits per heavy atom. The van der Waals surface area contributed by atoms with E-state index in [1.807, 2.05) is 12.1 Å². The van der Waals surface area contributed by atoms with Crippen LogP contribution in [0.25, 0.3) is 0 Å². The number of unbranched alkanes of at least 4 members (excludes halogenated alkanes) is 2. The molecule has 1 atom stereocenters. The molecular formula is C13H18ClF. The summed E-state index contributed by atoms with van der Waals surface area (Å²) in [6.45, 7) is 2.18. The second-order valence-corrected chi connectivity index (χ2v) is 4.54. The maximum atomic E-state index is 12.6. The van der Waals surface area contributed by atoms with E-state index in [2.05, 4.69) is 6.92 Å². The molecule has 0 radical (unpaired) electrons. The predicted octanol–water partition coefficient (Wildman–Crippen LogP) is 4.56. The topological polar surface area (TPSA) is 0 Å². The SMILES string of the molecule is CCCCCC(Cl)Cc1ccc(F)cc1. The molecule has 0 bridgehead atoms. The van der Waals surface area contributed by atoms with Gasteiger partial charge in [-0.2, -0.15) is 0 Å². The fraction of sp³-hybridized carbons (Fsp3) is 0.538. The Morgan fingerprint density at radius 3 is 2.47 bits per heavy atom. The Hall–Kier alpha value is -0.560. The molecular weight excluding hydrogens is 211 g/mol. The van der Waals surface area contributed by atoms with Gasteiger partial charge in [0.25, 0.3) is 0 Å². The quantitative estimate of drug-likeness (QED) is 0.495. The zero-order valence-corrected chi connectivity index (χ0v) is 9.93. The third kappa shape index (κ3) is 5.17. The highest BCUT2D eigenvalue weighted by Crippen LogP contribution is 2.15. The first-order valence-corrected chi connectivity index (χ1v) is 6.04. The van der Waals surface area contributed by atoms with E-state index >= 15 is 0 Å². The second kappa shape index (κ2) is 6.84. The Labute approximate surface area is 96.5 Å². The van der Waals surface area contributed by atoms with Gasteiger partial charge in [-0.3, -0.25) is 0 Å². The van der Waals surface area contributed by atoms with E-state index in [-0.39, 0.29) is 11.2 Å². The molecule has 0 N–H and O–H groups in total. The van der Waals surface area contributed by atoms with Crippen LogP contribution in [0.15, 0.2) is 24.3 Å². The van der Waals surface area contributed by atoms with Crippen molar-refractivity contribution in [3.63, 3.8) is 0 Å². The fourth-order valence-electron chi connectivity index (χ4n) is 1.59. The molecule has 0 aliphatic heterocycles. The summed E-state index contributed by atoms with van der Waals surface area (Å²) in [5.74, 6) is -0.184.